The van der Waals surface area contributed by atoms with Crippen molar-refractivity contribution >= 4 is 11.9 Å². The van der Waals surface area contributed by atoms with Crippen LogP contribution in [-0.4, -0.2) is 46.6 Å². The number of aliphatic carboxylic acids is 1. The molecule has 2 atom stereocenters. The molecule has 0 aliphatic rings. The van der Waals surface area contributed by atoms with Crippen molar-refractivity contribution in [2.75, 3.05) is 20.1 Å². The highest BCUT2D eigenvalue weighted by Crippen LogP contribution is 2.35. The Morgan fingerprint density at radius 3 is 2.13 bits per heavy atom. The molecule has 0 bridgehead atoms. The van der Waals surface area contributed by atoms with Gasteiger partial charge in [-0.2, -0.15) is 13.2 Å². The number of hydrogen-bond donors (Lipinski definition) is 2. The smallest absolute Gasteiger partial charge is 0.416 e. The van der Waals surface area contributed by atoms with E-state index in [2.05, 4.69) is 5.32 Å². The molecule has 0 aliphatic carbocycles. The lowest BCUT2D eigenvalue weighted by Gasteiger charge is -2.28. The van der Waals surface area contributed by atoms with Crippen molar-refractivity contribution in [2.24, 2.45) is 5.92 Å². The Labute approximate surface area is 267 Å². The predicted molar refractivity (Wildman–Crippen MR) is 170 cm³/mol. The van der Waals surface area contributed by atoms with E-state index in [-0.39, 0.29) is 29.7 Å². The SMILES string of the molecule is CCN(C)CCc1cn(C(C(=O)N[C@@H](CC(=O)O)c2cc(-c3c(C)cc(C)cc3C)cc(C)c2F)C(C)C)c(=O)cc1C(F)(F)F. The Kier molecular flexibility index (Phi) is 11.6. The second kappa shape index (κ2) is 14.6. The molecule has 0 saturated carbocycles. The lowest BCUT2D eigenvalue weighted by molar-refractivity contribution is -0.139. The fourth-order valence-electron chi connectivity index (χ4n) is 5.99. The molecule has 0 radical (unpaired) electrons. The molecule has 3 aromatic rings. The Morgan fingerprint density at radius 1 is 1.00 bits per heavy atom. The van der Waals surface area contributed by atoms with Crippen LogP contribution in [-0.2, 0) is 22.2 Å². The van der Waals surface area contributed by atoms with E-state index in [0.29, 0.717) is 18.2 Å². The Bertz CT molecular complexity index is 1640. The lowest BCUT2D eigenvalue weighted by Crippen LogP contribution is -2.42. The number of benzene rings is 2. The van der Waals surface area contributed by atoms with Gasteiger partial charge in [-0.3, -0.25) is 14.4 Å². The minimum Gasteiger partial charge on any atom is -0.481 e. The first-order valence-corrected chi connectivity index (χ1v) is 15.3. The van der Waals surface area contributed by atoms with Crippen LogP contribution in [0.1, 0.15) is 78.2 Å². The van der Waals surface area contributed by atoms with Gasteiger partial charge in [-0.1, -0.05) is 38.5 Å². The van der Waals surface area contributed by atoms with Gasteiger partial charge in [0.1, 0.15) is 11.9 Å². The third kappa shape index (κ3) is 8.43. The minimum absolute atomic E-state index is 0.0251. The highest BCUT2D eigenvalue weighted by atomic mass is 19.4. The third-order valence-electron chi connectivity index (χ3n) is 8.29. The number of likely N-dealkylation sites (N-methyl/N-ethyl adjacent to an activating group) is 1. The number of carbonyl (C=O) groups excluding carboxylic acids is 1. The van der Waals surface area contributed by atoms with Crippen molar-refractivity contribution < 1.29 is 32.3 Å². The van der Waals surface area contributed by atoms with Crippen LogP contribution >= 0.6 is 0 Å². The second-order valence-corrected chi connectivity index (χ2v) is 12.4. The van der Waals surface area contributed by atoms with Crippen molar-refractivity contribution in [1.29, 1.82) is 0 Å². The summed E-state index contributed by atoms with van der Waals surface area (Å²) < 4.78 is 58.5. The molecule has 46 heavy (non-hydrogen) atoms. The first-order valence-electron chi connectivity index (χ1n) is 15.3. The molecule has 0 saturated heterocycles. The molecule has 250 valence electrons. The van der Waals surface area contributed by atoms with E-state index in [0.717, 1.165) is 33.0 Å². The van der Waals surface area contributed by atoms with Crippen LogP contribution in [0.15, 0.2) is 41.3 Å². The quantitative estimate of drug-likeness (QED) is 0.209. The Balaban J connectivity index is 2.13. The van der Waals surface area contributed by atoms with Gasteiger partial charge >= 0.3 is 12.1 Å². The fourth-order valence-corrected chi connectivity index (χ4v) is 5.99. The number of hydrogen-bond acceptors (Lipinski definition) is 4. The zero-order valence-electron chi connectivity index (χ0n) is 27.6. The number of rotatable bonds is 12. The van der Waals surface area contributed by atoms with Crippen LogP contribution in [0.5, 0.6) is 0 Å². The van der Waals surface area contributed by atoms with Crippen molar-refractivity contribution in [2.45, 2.75) is 79.6 Å². The first-order chi connectivity index (χ1) is 21.3. The zero-order chi connectivity index (χ0) is 34.7. The summed E-state index contributed by atoms with van der Waals surface area (Å²) in [4.78, 5) is 40.8. The van der Waals surface area contributed by atoms with Crippen molar-refractivity contribution in [1.82, 2.24) is 14.8 Å². The molecule has 2 N–H and O–H groups in total. The number of carbonyl (C=O) groups is 2. The number of nitrogens with zero attached hydrogens (tertiary/aromatic N) is 2. The lowest BCUT2D eigenvalue weighted by atomic mass is 9.89. The standard InChI is InChI=1S/C35H43F4N3O4/c1-9-41(8)11-10-24-18-42(29(43)16-27(24)35(37,38)39)33(19(2)3)34(46)40-28(17-30(44)45)26-15-25(14-23(7)32(26)36)31-21(5)12-20(4)13-22(31)6/h12-16,18-19,28,33H,9-11,17H2,1-8H3,(H,40,46)(H,44,45)/t28-,33?/m0/s1. The maximum absolute atomic E-state index is 15.7. The summed E-state index contributed by atoms with van der Waals surface area (Å²) in [7, 11) is 1.76. The predicted octanol–water partition coefficient (Wildman–Crippen LogP) is 6.93. The summed E-state index contributed by atoms with van der Waals surface area (Å²) >= 11 is 0. The molecular weight excluding hydrogens is 602 g/mol. The fraction of sp³-hybridized carbons (Fsp3) is 0.457. The van der Waals surface area contributed by atoms with Gasteiger partial charge in [-0.05, 0) is 99.1 Å². The summed E-state index contributed by atoms with van der Waals surface area (Å²) in [5, 5.41) is 12.4. The minimum atomic E-state index is -4.78. The van der Waals surface area contributed by atoms with E-state index in [4.69, 9.17) is 0 Å². The number of halogens is 4. The molecular formula is C35H43F4N3O4. The van der Waals surface area contributed by atoms with Gasteiger partial charge in [0.2, 0.25) is 5.91 Å². The first kappa shape index (κ1) is 36.5. The highest BCUT2D eigenvalue weighted by molar-refractivity contribution is 5.82. The van der Waals surface area contributed by atoms with E-state index in [9.17, 15) is 32.7 Å². The Hall–Kier alpha value is -3.99. The number of alkyl halides is 3. The summed E-state index contributed by atoms with van der Waals surface area (Å²) in [5.41, 5.74) is 2.39. The van der Waals surface area contributed by atoms with Gasteiger partial charge in [-0.15, -0.1) is 0 Å². The number of carboxylic acids is 1. The van der Waals surface area contributed by atoms with Crippen LogP contribution in [0.3, 0.4) is 0 Å². The van der Waals surface area contributed by atoms with E-state index < -0.39 is 59.4 Å². The number of amides is 1. The monoisotopic (exact) mass is 645 g/mol. The van der Waals surface area contributed by atoms with Gasteiger partial charge < -0.3 is 19.9 Å². The molecule has 1 unspecified atom stereocenters. The van der Waals surface area contributed by atoms with Crippen molar-refractivity contribution in [3.63, 3.8) is 0 Å². The van der Waals surface area contributed by atoms with Gasteiger partial charge in [0, 0.05) is 24.4 Å². The molecule has 11 heteroatoms. The van der Waals surface area contributed by atoms with Crippen LogP contribution in [0.25, 0.3) is 11.1 Å². The second-order valence-electron chi connectivity index (χ2n) is 12.4. The van der Waals surface area contributed by atoms with Gasteiger partial charge in [0.25, 0.3) is 5.56 Å². The van der Waals surface area contributed by atoms with E-state index in [1.165, 1.54) is 6.07 Å². The number of aryl methyl sites for hydroxylation is 4. The molecule has 3 rings (SSSR count). The number of aromatic nitrogens is 1. The molecule has 7 nitrogen and oxygen atoms in total. The highest BCUT2D eigenvalue weighted by Gasteiger charge is 2.36. The van der Waals surface area contributed by atoms with E-state index in [1.54, 1.807) is 33.9 Å². The molecule has 0 spiro atoms. The summed E-state index contributed by atoms with van der Waals surface area (Å²) in [6.45, 7) is 13.4. The third-order valence-corrected chi connectivity index (χ3v) is 8.29. The van der Waals surface area contributed by atoms with Crippen LogP contribution in [0, 0.1) is 39.4 Å². The van der Waals surface area contributed by atoms with Crippen molar-refractivity contribution in [3.8, 4) is 11.1 Å². The average Bonchev–Trinajstić information content (AvgIpc) is 2.92. The normalized spacial score (nSPS) is 13.3. The summed E-state index contributed by atoms with van der Waals surface area (Å²) in [5.74, 6) is -3.40. The maximum Gasteiger partial charge on any atom is 0.416 e. The molecule has 1 amide bonds. The van der Waals surface area contributed by atoms with Crippen molar-refractivity contribution in [3.05, 3.63) is 91.6 Å². The van der Waals surface area contributed by atoms with Gasteiger partial charge in [0.15, 0.2) is 0 Å². The van der Waals surface area contributed by atoms with Gasteiger partial charge in [0.05, 0.1) is 18.0 Å². The summed E-state index contributed by atoms with van der Waals surface area (Å²) in [6.07, 6.45) is -4.41. The molecule has 1 heterocycles. The molecule has 1 aromatic heterocycles. The Morgan fingerprint density at radius 2 is 1.61 bits per heavy atom. The van der Waals surface area contributed by atoms with Crippen LogP contribution < -0.4 is 10.9 Å². The van der Waals surface area contributed by atoms with Gasteiger partial charge in [-0.25, -0.2) is 4.39 Å². The molecule has 0 aliphatic heterocycles. The molecule has 0 fully saturated rings. The largest absolute Gasteiger partial charge is 0.481 e. The van der Waals surface area contributed by atoms with Crippen LogP contribution in [0.4, 0.5) is 17.6 Å². The zero-order valence-corrected chi connectivity index (χ0v) is 27.6. The van der Waals surface area contributed by atoms with E-state index in [1.807, 2.05) is 44.7 Å². The topological polar surface area (TPSA) is 91.6 Å². The number of nitrogens with one attached hydrogen (secondary N) is 1. The average molecular weight is 646 g/mol. The number of pyridine rings is 1. The number of carboxylic acid groups (broad SMARTS) is 1. The summed E-state index contributed by atoms with van der Waals surface area (Å²) in [6, 6.07) is 5.03. The maximum atomic E-state index is 15.7. The van der Waals surface area contributed by atoms with E-state index >= 15 is 4.39 Å². The molecule has 2 aromatic carbocycles. The van der Waals surface area contributed by atoms with Crippen LogP contribution in [0.2, 0.25) is 0 Å².